The number of nitrogens with one attached hydrogen (secondary N) is 2. The molecule has 0 unspecified atom stereocenters. The van der Waals surface area contributed by atoms with E-state index in [9.17, 15) is 0 Å². The van der Waals surface area contributed by atoms with Crippen molar-refractivity contribution >= 4 is 17.3 Å². The summed E-state index contributed by atoms with van der Waals surface area (Å²) in [6.07, 6.45) is 3.80. The number of aromatic nitrogens is 1. The molecule has 0 saturated carbocycles. The third-order valence-electron chi connectivity index (χ3n) is 5.27. The van der Waals surface area contributed by atoms with E-state index in [1.165, 1.54) is 16.0 Å². The van der Waals surface area contributed by atoms with E-state index in [1.54, 1.807) is 25.5 Å². The monoisotopic (exact) mass is 402 g/mol. The maximum absolute atomic E-state index is 5.70. The van der Waals surface area contributed by atoms with Crippen LogP contribution in [0.15, 0.2) is 29.4 Å². The smallest absolute Gasteiger partial charge is 0.191 e. The zero-order valence-corrected chi connectivity index (χ0v) is 18.0. The van der Waals surface area contributed by atoms with Crippen LogP contribution in [0.5, 0.6) is 5.75 Å². The summed E-state index contributed by atoms with van der Waals surface area (Å²) < 4.78 is 11.4. The lowest BCUT2D eigenvalue weighted by molar-refractivity contribution is 0.0505. The van der Waals surface area contributed by atoms with E-state index in [4.69, 9.17) is 9.47 Å². The first-order chi connectivity index (χ1) is 13.6. The molecule has 2 heterocycles. The largest absolute Gasteiger partial charge is 0.496 e. The van der Waals surface area contributed by atoms with E-state index in [1.807, 2.05) is 6.20 Å². The van der Waals surface area contributed by atoms with E-state index < -0.39 is 0 Å². The first-order valence-corrected chi connectivity index (χ1v) is 10.5. The molecule has 1 saturated heterocycles. The first-order valence-electron chi connectivity index (χ1n) is 9.65. The van der Waals surface area contributed by atoms with Crippen LogP contribution >= 0.6 is 11.3 Å². The molecule has 1 aliphatic rings. The standard InChI is InChI=1S/C21H30N4O2S/c1-15-5-6-18(26-4)17(11-15)21(7-9-27-10-8-21)14-25-20(22-3)24-13-19-23-12-16(2)28-19/h5-6,11-12H,7-10,13-14H2,1-4H3,(H2,22,24,25). The van der Waals surface area contributed by atoms with Gasteiger partial charge in [0.1, 0.15) is 10.8 Å². The van der Waals surface area contributed by atoms with Crippen LogP contribution in [0.2, 0.25) is 0 Å². The summed E-state index contributed by atoms with van der Waals surface area (Å²) in [4.78, 5) is 10.0. The average Bonchev–Trinajstić information content (AvgIpc) is 3.14. The Balaban J connectivity index is 1.74. The van der Waals surface area contributed by atoms with Gasteiger partial charge in [-0.25, -0.2) is 4.98 Å². The van der Waals surface area contributed by atoms with Crippen molar-refractivity contribution < 1.29 is 9.47 Å². The normalized spacial score (nSPS) is 16.6. The summed E-state index contributed by atoms with van der Waals surface area (Å²) in [6.45, 7) is 7.14. The summed E-state index contributed by atoms with van der Waals surface area (Å²) in [5.74, 6) is 1.72. The zero-order chi connectivity index (χ0) is 20.0. The van der Waals surface area contributed by atoms with Gasteiger partial charge in [-0.05, 0) is 32.8 Å². The van der Waals surface area contributed by atoms with E-state index in [0.717, 1.165) is 49.3 Å². The number of hydrogen-bond donors (Lipinski definition) is 2. The number of nitrogens with zero attached hydrogens (tertiary/aromatic N) is 2. The molecule has 0 radical (unpaired) electrons. The number of aliphatic imine (C=N–C) groups is 1. The van der Waals surface area contributed by atoms with Gasteiger partial charge in [-0.3, -0.25) is 4.99 Å². The maximum atomic E-state index is 5.70. The van der Waals surface area contributed by atoms with Gasteiger partial charge >= 0.3 is 0 Å². The number of hydrogen-bond acceptors (Lipinski definition) is 5. The molecule has 1 fully saturated rings. The fourth-order valence-corrected chi connectivity index (χ4v) is 4.38. The van der Waals surface area contributed by atoms with E-state index in [-0.39, 0.29) is 5.41 Å². The van der Waals surface area contributed by atoms with Crippen LogP contribution in [0.3, 0.4) is 0 Å². The van der Waals surface area contributed by atoms with Crippen LogP contribution in [0.1, 0.15) is 33.9 Å². The number of benzene rings is 1. The third kappa shape index (κ3) is 4.83. The lowest BCUT2D eigenvalue weighted by Crippen LogP contribution is -2.48. The fraction of sp³-hybridized carbons (Fsp3) is 0.524. The molecule has 3 rings (SSSR count). The van der Waals surface area contributed by atoms with Crippen molar-refractivity contribution in [2.45, 2.75) is 38.6 Å². The first kappa shape index (κ1) is 20.6. The Morgan fingerprint density at radius 2 is 2.07 bits per heavy atom. The summed E-state index contributed by atoms with van der Waals surface area (Å²) >= 11 is 1.70. The summed E-state index contributed by atoms with van der Waals surface area (Å²) in [7, 11) is 3.54. The molecule has 0 atom stereocenters. The Labute approximate surface area is 171 Å². The number of rotatable bonds is 6. The Kier molecular flexibility index (Phi) is 6.91. The third-order valence-corrected chi connectivity index (χ3v) is 6.18. The van der Waals surface area contributed by atoms with Crippen molar-refractivity contribution in [2.75, 3.05) is 33.9 Å². The van der Waals surface area contributed by atoms with Crippen molar-refractivity contribution in [3.05, 3.63) is 45.4 Å². The van der Waals surface area contributed by atoms with Crippen molar-refractivity contribution in [2.24, 2.45) is 4.99 Å². The quantitative estimate of drug-likeness (QED) is 0.574. The molecular weight excluding hydrogens is 372 g/mol. The molecule has 2 N–H and O–H groups in total. The number of thiazole rings is 1. The van der Waals surface area contributed by atoms with E-state index in [0.29, 0.717) is 6.54 Å². The molecule has 1 aromatic carbocycles. The van der Waals surface area contributed by atoms with Crippen LogP contribution in [0.4, 0.5) is 0 Å². The molecule has 152 valence electrons. The lowest BCUT2D eigenvalue weighted by atomic mass is 9.73. The van der Waals surface area contributed by atoms with Gasteiger partial charge in [0.05, 0.1) is 13.7 Å². The molecule has 7 heteroatoms. The summed E-state index contributed by atoms with van der Waals surface area (Å²) in [5, 5.41) is 7.96. The van der Waals surface area contributed by atoms with Gasteiger partial charge < -0.3 is 20.1 Å². The number of ether oxygens (including phenoxy) is 2. The van der Waals surface area contributed by atoms with Gasteiger partial charge in [-0.15, -0.1) is 11.3 Å². The second-order valence-electron chi connectivity index (χ2n) is 7.24. The van der Waals surface area contributed by atoms with Crippen LogP contribution in [0.25, 0.3) is 0 Å². The Bertz CT molecular complexity index is 812. The van der Waals surface area contributed by atoms with E-state index >= 15 is 0 Å². The molecule has 1 aliphatic heterocycles. The molecule has 6 nitrogen and oxygen atoms in total. The average molecular weight is 403 g/mol. The number of aryl methyl sites for hydroxylation is 2. The summed E-state index contributed by atoms with van der Waals surface area (Å²) in [5.41, 5.74) is 2.44. The van der Waals surface area contributed by atoms with Crippen molar-refractivity contribution in [3.63, 3.8) is 0 Å². The molecule has 0 spiro atoms. The minimum atomic E-state index is -0.0506. The second-order valence-corrected chi connectivity index (χ2v) is 8.56. The highest BCUT2D eigenvalue weighted by Gasteiger charge is 2.37. The molecular formula is C21H30N4O2S. The molecule has 1 aromatic heterocycles. The lowest BCUT2D eigenvalue weighted by Gasteiger charge is -2.39. The van der Waals surface area contributed by atoms with Gasteiger partial charge in [0, 0.05) is 48.9 Å². The molecule has 0 amide bonds. The van der Waals surface area contributed by atoms with Gasteiger partial charge in [-0.1, -0.05) is 17.7 Å². The SMILES string of the molecule is CN=C(NCc1ncc(C)s1)NCC1(c2cc(C)ccc2OC)CCOCC1. The second kappa shape index (κ2) is 9.39. The van der Waals surface area contributed by atoms with Crippen molar-refractivity contribution in [3.8, 4) is 5.75 Å². The predicted molar refractivity (Wildman–Crippen MR) is 115 cm³/mol. The molecule has 2 aromatic rings. The van der Waals surface area contributed by atoms with Crippen molar-refractivity contribution in [1.29, 1.82) is 0 Å². The Morgan fingerprint density at radius 3 is 2.71 bits per heavy atom. The highest BCUT2D eigenvalue weighted by Crippen LogP contribution is 2.40. The van der Waals surface area contributed by atoms with Gasteiger partial charge in [0.2, 0.25) is 0 Å². The van der Waals surface area contributed by atoms with Crippen molar-refractivity contribution in [1.82, 2.24) is 15.6 Å². The fourth-order valence-electron chi connectivity index (χ4n) is 3.66. The molecule has 0 bridgehead atoms. The topological polar surface area (TPSA) is 67.8 Å². The minimum Gasteiger partial charge on any atom is -0.496 e. The van der Waals surface area contributed by atoms with Gasteiger partial charge in [-0.2, -0.15) is 0 Å². The van der Waals surface area contributed by atoms with Gasteiger partial charge in [0.15, 0.2) is 5.96 Å². The van der Waals surface area contributed by atoms with Gasteiger partial charge in [0.25, 0.3) is 0 Å². The van der Waals surface area contributed by atoms with Crippen LogP contribution in [0, 0.1) is 13.8 Å². The Hall–Kier alpha value is -2.12. The molecule has 28 heavy (non-hydrogen) atoms. The Morgan fingerprint density at radius 1 is 1.29 bits per heavy atom. The maximum Gasteiger partial charge on any atom is 0.191 e. The zero-order valence-electron chi connectivity index (χ0n) is 17.2. The minimum absolute atomic E-state index is 0.0506. The van der Waals surface area contributed by atoms with Crippen LogP contribution < -0.4 is 15.4 Å². The number of methoxy groups -OCH3 is 1. The highest BCUT2D eigenvalue weighted by atomic mass is 32.1. The number of guanidine groups is 1. The van der Waals surface area contributed by atoms with Crippen LogP contribution in [-0.2, 0) is 16.7 Å². The predicted octanol–water partition coefficient (Wildman–Crippen LogP) is 3.18. The summed E-state index contributed by atoms with van der Waals surface area (Å²) in [6, 6.07) is 6.42. The van der Waals surface area contributed by atoms with Crippen LogP contribution in [-0.4, -0.2) is 44.9 Å². The highest BCUT2D eigenvalue weighted by molar-refractivity contribution is 7.11. The van der Waals surface area contributed by atoms with E-state index in [2.05, 4.69) is 52.7 Å². The molecule has 0 aliphatic carbocycles.